The molecule has 1 aromatic carbocycles. The number of rotatable bonds is 5. The van der Waals surface area contributed by atoms with Crippen LogP contribution in [0.4, 0.5) is 0 Å². The van der Waals surface area contributed by atoms with E-state index in [9.17, 15) is 5.11 Å². The summed E-state index contributed by atoms with van der Waals surface area (Å²) in [5.74, 6) is 1.33. The molecule has 0 saturated carbocycles. The average molecular weight is 274 g/mol. The summed E-state index contributed by atoms with van der Waals surface area (Å²) in [5, 5.41) is 18.9. The minimum absolute atomic E-state index is 0.256. The van der Waals surface area contributed by atoms with Crippen molar-refractivity contribution in [2.75, 3.05) is 19.7 Å². The van der Waals surface area contributed by atoms with Gasteiger partial charge in [0.25, 0.3) is 0 Å². The van der Waals surface area contributed by atoms with Crippen LogP contribution >= 0.6 is 0 Å². The Kier molecular flexibility index (Phi) is 4.99. The smallest absolute Gasteiger partial charge is 0.120 e. The lowest BCUT2D eigenvalue weighted by molar-refractivity contribution is 0.0655. The summed E-state index contributed by atoms with van der Waals surface area (Å²) in [7, 11) is 0. The second-order valence-electron chi connectivity index (χ2n) is 5.75. The van der Waals surface area contributed by atoms with Crippen LogP contribution < -0.4 is 4.74 Å². The molecule has 108 valence electrons. The lowest BCUT2D eigenvalue weighted by Crippen LogP contribution is -2.37. The Morgan fingerprint density at radius 3 is 2.95 bits per heavy atom. The van der Waals surface area contributed by atoms with Crippen molar-refractivity contribution in [2.24, 2.45) is 5.92 Å². The van der Waals surface area contributed by atoms with E-state index in [1.165, 1.54) is 6.42 Å². The van der Waals surface area contributed by atoms with Gasteiger partial charge in [-0.05, 0) is 37.5 Å². The zero-order valence-electron chi connectivity index (χ0n) is 12.1. The Labute approximate surface area is 120 Å². The first-order valence-electron chi connectivity index (χ1n) is 7.13. The van der Waals surface area contributed by atoms with Crippen LogP contribution in [0, 0.1) is 17.2 Å². The fourth-order valence-corrected chi connectivity index (χ4v) is 2.81. The van der Waals surface area contributed by atoms with Crippen LogP contribution in [0.1, 0.15) is 25.8 Å². The van der Waals surface area contributed by atoms with E-state index in [4.69, 9.17) is 10.00 Å². The molecule has 0 bridgehead atoms. The number of likely N-dealkylation sites (tertiary alicyclic amines) is 1. The van der Waals surface area contributed by atoms with Crippen LogP contribution in [-0.4, -0.2) is 41.8 Å². The fraction of sp³-hybridized carbons (Fsp3) is 0.562. The summed E-state index contributed by atoms with van der Waals surface area (Å²) in [6.45, 7) is 6.39. The third-order valence-electron chi connectivity index (χ3n) is 3.76. The van der Waals surface area contributed by atoms with E-state index in [0.29, 0.717) is 29.8 Å². The van der Waals surface area contributed by atoms with Gasteiger partial charge in [-0.25, -0.2) is 0 Å². The molecule has 0 radical (unpaired) electrons. The lowest BCUT2D eigenvalue weighted by Gasteiger charge is -2.24. The van der Waals surface area contributed by atoms with Gasteiger partial charge in [0.15, 0.2) is 0 Å². The Morgan fingerprint density at radius 2 is 2.30 bits per heavy atom. The number of aliphatic hydroxyl groups is 1. The van der Waals surface area contributed by atoms with Crippen molar-refractivity contribution < 1.29 is 9.84 Å². The SMILES string of the molecule is CC1CC(C)N(CC(O)COc2cccc(C#N)c2)C1. The second-order valence-corrected chi connectivity index (χ2v) is 5.75. The van der Waals surface area contributed by atoms with Gasteiger partial charge in [0.2, 0.25) is 0 Å². The third kappa shape index (κ3) is 3.96. The third-order valence-corrected chi connectivity index (χ3v) is 3.76. The van der Waals surface area contributed by atoms with Gasteiger partial charge < -0.3 is 9.84 Å². The molecule has 0 amide bonds. The highest BCUT2D eigenvalue weighted by Gasteiger charge is 2.27. The molecule has 1 aliphatic heterocycles. The molecule has 2 rings (SSSR count). The first-order chi connectivity index (χ1) is 9.58. The van der Waals surface area contributed by atoms with Crippen molar-refractivity contribution in [3.8, 4) is 11.8 Å². The summed E-state index contributed by atoms with van der Waals surface area (Å²) >= 11 is 0. The van der Waals surface area contributed by atoms with E-state index in [0.717, 1.165) is 6.54 Å². The summed E-state index contributed by atoms with van der Waals surface area (Å²) in [4.78, 5) is 2.31. The monoisotopic (exact) mass is 274 g/mol. The maximum Gasteiger partial charge on any atom is 0.120 e. The Balaban J connectivity index is 1.80. The molecule has 4 heteroatoms. The summed E-state index contributed by atoms with van der Waals surface area (Å²) in [6, 6.07) is 9.61. The minimum Gasteiger partial charge on any atom is -0.491 e. The Bertz CT molecular complexity index is 484. The Morgan fingerprint density at radius 1 is 1.50 bits per heavy atom. The van der Waals surface area contributed by atoms with Crippen LogP contribution in [0.25, 0.3) is 0 Å². The number of hydrogen-bond donors (Lipinski definition) is 1. The number of β-amino-alcohol motifs (C(OH)–C–C–N with tert-alkyl or cyclic N) is 1. The molecule has 0 aromatic heterocycles. The summed E-state index contributed by atoms with van der Waals surface area (Å²) in [5.41, 5.74) is 0.568. The van der Waals surface area contributed by atoms with E-state index in [1.807, 2.05) is 0 Å². The number of nitriles is 1. The Hall–Kier alpha value is -1.57. The van der Waals surface area contributed by atoms with Gasteiger partial charge in [0.1, 0.15) is 18.5 Å². The van der Waals surface area contributed by atoms with Crippen LogP contribution in [0.5, 0.6) is 5.75 Å². The molecule has 20 heavy (non-hydrogen) atoms. The lowest BCUT2D eigenvalue weighted by atomic mass is 10.1. The standard InChI is InChI=1S/C16H22N2O2/c1-12-6-13(2)18(9-12)10-15(19)11-20-16-5-3-4-14(7-16)8-17/h3-5,7,12-13,15,19H,6,9-11H2,1-2H3. The van der Waals surface area contributed by atoms with Gasteiger partial charge in [-0.15, -0.1) is 0 Å². The van der Waals surface area contributed by atoms with E-state index in [2.05, 4.69) is 24.8 Å². The van der Waals surface area contributed by atoms with Crippen molar-refractivity contribution >= 4 is 0 Å². The molecule has 1 aromatic rings. The first kappa shape index (κ1) is 14.8. The molecule has 1 aliphatic rings. The van der Waals surface area contributed by atoms with Crippen molar-refractivity contribution in [1.82, 2.24) is 4.90 Å². The summed E-state index contributed by atoms with van der Waals surface area (Å²) in [6.07, 6.45) is 0.686. The van der Waals surface area contributed by atoms with E-state index in [-0.39, 0.29) is 6.61 Å². The van der Waals surface area contributed by atoms with Gasteiger partial charge in [0.05, 0.1) is 11.6 Å². The predicted octanol–water partition coefficient (Wildman–Crippen LogP) is 2.03. The number of hydrogen-bond acceptors (Lipinski definition) is 4. The maximum atomic E-state index is 10.1. The van der Waals surface area contributed by atoms with Gasteiger partial charge in [-0.2, -0.15) is 5.26 Å². The zero-order chi connectivity index (χ0) is 14.5. The molecule has 3 unspecified atom stereocenters. The number of aliphatic hydroxyl groups excluding tert-OH is 1. The zero-order valence-corrected chi connectivity index (χ0v) is 12.1. The molecule has 0 spiro atoms. The largest absolute Gasteiger partial charge is 0.491 e. The molecule has 0 aliphatic carbocycles. The molecular formula is C16H22N2O2. The van der Waals surface area contributed by atoms with Crippen LogP contribution in [-0.2, 0) is 0 Å². The first-order valence-corrected chi connectivity index (χ1v) is 7.13. The van der Waals surface area contributed by atoms with E-state index < -0.39 is 6.10 Å². The van der Waals surface area contributed by atoms with Crippen LogP contribution in [0.3, 0.4) is 0 Å². The maximum absolute atomic E-state index is 10.1. The van der Waals surface area contributed by atoms with Gasteiger partial charge in [-0.3, -0.25) is 4.90 Å². The highest BCUT2D eigenvalue weighted by Crippen LogP contribution is 2.22. The topological polar surface area (TPSA) is 56.5 Å². The molecule has 3 atom stereocenters. The number of nitrogens with zero attached hydrogens (tertiary/aromatic N) is 2. The quantitative estimate of drug-likeness (QED) is 0.892. The van der Waals surface area contributed by atoms with Crippen molar-refractivity contribution in [3.05, 3.63) is 29.8 Å². The normalized spacial score (nSPS) is 24.3. The van der Waals surface area contributed by atoms with Crippen LogP contribution in [0.2, 0.25) is 0 Å². The van der Waals surface area contributed by atoms with Crippen molar-refractivity contribution in [3.63, 3.8) is 0 Å². The molecular weight excluding hydrogens is 252 g/mol. The number of benzene rings is 1. The van der Waals surface area contributed by atoms with E-state index >= 15 is 0 Å². The van der Waals surface area contributed by atoms with Crippen molar-refractivity contribution in [2.45, 2.75) is 32.4 Å². The molecule has 1 fully saturated rings. The highest BCUT2D eigenvalue weighted by molar-refractivity contribution is 5.36. The number of ether oxygens (including phenoxy) is 1. The summed E-state index contributed by atoms with van der Waals surface area (Å²) < 4.78 is 5.55. The van der Waals surface area contributed by atoms with Gasteiger partial charge in [-0.1, -0.05) is 13.0 Å². The molecule has 1 saturated heterocycles. The van der Waals surface area contributed by atoms with Gasteiger partial charge >= 0.3 is 0 Å². The molecule has 1 N–H and O–H groups in total. The highest BCUT2D eigenvalue weighted by atomic mass is 16.5. The fourth-order valence-electron chi connectivity index (χ4n) is 2.81. The second kappa shape index (κ2) is 6.74. The van der Waals surface area contributed by atoms with E-state index in [1.54, 1.807) is 24.3 Å². The molecule has 1 heterocycles. The minimum atomic E-state index is -0.506. The van der Waals surface area contributed by atoms with Crippen molar-refractivity contribution in [1.29, 1.82) is 5.26 Å². The average Bonchev–Trinajstić information content (AvgIpc) is 2.75. The predicted molar refractivity (Wildman–Crippen MR) is 77.5 cm³/mol. The molecule has 4 nitrogen and oxygen atoms in total. The van der Waals surface area contributed by atoms with Crippen LogP contribution in [0.15, 0.2) is 24.3 Å². The van der Waals surface area contributed by atoms with Gasteiger partial charge in [0, 0.05) is 19.1 Å².